The summed E-state index contributed by atoms with van der Waals surface area (Å²) in [5.74, 6) is 0.173. The van der Waals surface area contributed by atoms with E-state index >= 15 is 0 Å². The van der Waals surface area contributed by atoms with Crippen LogP contribution in [0.5, 0.6) is 11.5 Å². The summed E-state index contributed by atoms with van der Waals surface area (Å²) in [7, 11) is 3.02. The highest BCUT2D eigenvalue weighted by molar-refractivity contribution is 7.12. The molecule has 0 aliphatic carbocycles. The van der Waals surface area contributed by atoms with E-state index < -0.39 is 5.91 Å². The van der Waals surface area contributed by atoms with E-state index in [9.17, 15) is 9.59 Å². The van der Waals surface area contributed by atoms with E-state index in [1.54, 1.807) is 35.7 Å². The minimum Gasteiger partial charge on any atom is -0.497 e. The van der Waals surface area contributed by atoms with Crippen LogP contribution in [0.3, 0.4) is 0 Å². The summed E-state index contributed by atoms with van der Waals surface area (Å²) in [6, 6.07) is 8.35. The van der Waals surface area contributed by atoms with Crippen LogP contribution >= 0.6 is 11.3 Å². The first-order valence-corrected chi connectivity index (χ1v) is 8.32. The summed E-state index contributed by atoms with van der Waals surface area (Å²) >= 11 is 1.29. The van der Waals surface area contributed by atoms with Crippen LogP contribution < -0.4 is 20.1 Å². The quantitative estimate of drug-likeness (QED) is 0.687. The van der Waals surface area contributed by atoms with Crippen molar-refractivity contribution >= 4 is 34.9 Å². The van der Waals surface area contributed by atoms with Crippen LogP contribution in [0.1, 0.15) is 20.2 Å². The van der Waals surface area contributed by atoms with E-state index in [0.717, 1.165) is 6.26 Å². The lowest BCUT2D eigenvalue weighted by molar-refractivity contribution is 0.101. The van der Waals surface area contributed by atoms with Gasteiger partial charge in [0.15, 0.2) is 5.69 Å². The lowest BCUT2D eigenvalue weighted by atomic mass is 10.2. The van der Waals surface area contributed by atoms with Crippen LogP contribution in [0.15, 0.2) is 46.4 Å². The smallest absolute Gasteiger partial charge is 0.302 e. The zero-order valence-corrected chi connectivity index (χ0v) is 14.8. The molecule has 2 amide bonds. The fourth-order valence-corrected chi connectivity index (χ4v) is 2.71. The Morgan fingerprint density at radius 2 is 1.96 bits per heavy atom. The Kier molecular flexibility index (Phi) is 5.18. The van der Waals surface area contributed by atoms with Crippen molar-refractivity contribution < 1.29 is 23.5 Å². The number of amides is 2. The fraction of sp³-hybridized carbons (Fsp3) is 0.118. The van der Waals surface area contributed by atoms with E-state index in [1.807, 2.05) is 0 Å². The molecule has 26 heavy (non-hydrogen) atoms. The largest absolute Gasteiger partial charge is 0.497 e. The average Bonchev–Trinajstić information content (AvgIpc) is 3.34. The minimum atomic E-state index is -0.506. The molecule has 0 unspecified atom stereocenters. The highest BCUT2D eigenvalue weighted by atomic mass is 32.1. The van der Waals surface area contributed by atoms with Crippen LogP contribution in [-0.4, -0.2) is 31.0 Å². The average molecular weight is 373 g/mol. The van der Waals surface area contributed by atoms with Gasteiger partial charge in [0.2, 0.25) is 0 Å². The molecule has 0 bridgehead atoms. The van der Waals surface area contributed by atoms with Crippen molar-refractivity contribution in [2.75, 3.05) is 24.9 Å². The number of nitrogens with zero attached hydrogens (tertiary/aromatic N) is 1. The number of aromatic nitrogens is 1. The minimum absolute atomic E-state index is 0.0179. The number of thiophene rings is 1. The van der Waals surface area contributed by atoms with Gasteiger partial charge >= 0.3 is 6.01 Å². The number of rotatable bonds is 6. The van der Waals surface area contributed by atoms with E-state index in [0.29, 0.717) is 22.1 Å². The van der Waals surface area contributed by atoms with Crippen molar-refractivity contribution in [3.8, 4) is 11.5 Å². The molecule has 0 saturated carbocycles. The number of anilines is 2. The van der Waals surface area contributed by atoms with Gasteiger partial charge in [0.05, 0.1) is 24.8 Å². The summed E-state index contributed by atoms with van der Waals surface area (Å²) in [6.45, 7) is 0. The summed E-state index contributed by atoms with van der Waals surface area (Å²) < 4.78 is 15.5. The molecule has 9 heteroatoms. The number of hydrogen-bond acceptors (Lipinski definition) is 7. The second kappa shape index (κ2) is 7.70. The Morgan fingerprint density at radius 3 is 2.65 bits per heavy atom. The summed E-state index contributed by atoms with van der Waals surface area (Å²) in [6.07, 6.45) is 1.16. The highest BCUT2D eigenvalue weighted by Crippen LogP contribution is 2.29. The molecule has 0 aliphatic rings. The number of nitrogens with one attached hydrogen (secondary N) is 2. The number of hydrogen-bond donors (Lipinski definition) is 2. The lowest BCUT2D eigenvalue weighted by Gasteiger charge is -2.10. The Morgan fingerprint density at radius 1 is 1.12 bits per heavy atom. The molecule has 0 atom stereocenters. The van der Waals surface area contributed by atoms with E-state index in [2.05, 4.69) is 15.6 Å². The van der Waals surface area contributed by atoms with Gasteiger partial charge in [-0.15, -0.1) is 11.3 Å². The number of carbonyl (C=O) groups excluding carboxylic acids is 2. The number of methoxy groups -OCH3 is 2. The predicted octanol–water partition coefficient (Wildman–Crippen LogP) is 3.26. The maximum atomic E-state index is 12.3. The topological polar surface area (TPSA) is 103 Å². The summed E-state index contributed by atoms with van der Waals surface area (Å²) in [5, 5.41) is 6.95. The lowest BCUT2D eigenvalue weighted by Crippen LogP contribution is -2.14. The standard InChI is InChI=1S/C17H15N3O5S/c1-23-10-5-6-11(13(8-10)24-2)18-15(21)12-9-25-17(19-12)20-16(22)14-4-3-7-26-14/h3-9H,1-2H3,(H,18,21)(H,19,20,22). The number of ether oxygens (including phenoxy) is 2. The molecule has 2 N–H and O–H groups in total. The molecule has 134 valence electrons. The molecule has 0 saturated heterocycles. The van der Waals surface area contributed by atoms with Gasteiger partial charge < -0.3 is 19.2 Å². The number of benzene rings is 1. The fourth-order valence-electron chi connectivity index (χ4n) is 2.09. The van der Waals surface area contributed by atoms with Gasteiger partial charge in [0.1, 0.15) is 17.8 Å². The van der Waals surface area contributed by atoms with Crippen LogP contribution in [0.4, 0.5) is 11.7 Å². The Hall–Kier alpha value is -3.33. The van der Waals surface area contributed by atoms with Crippen LogP contribution in [0.25, 0.3) is 0 Å². The summed E-state index contributed by atoms with van der Waals surface area (Å²) in [4.78, 5) is 28.8. The van der Waals surface area contributed by atoms with Crippen molar-refractivity contribution in [3.05, 3.63) is 52.5 Å². The van der Waals surface area contributed by atoms with E-state index in [-0.39, 0.29) is 17.6 Å². The van der Waals surface area contributed by atoms with Crippen molar-refractivity contribution in [1.82, 2.24) is 4.98 Å². The van der Waals surface area contributed by atoms with Crippen LogP contribution in [0.2, 0.25) is 0 Å². The monoisotopic (exact) mass is 373 g/mol. The second-order valence-corrected chi connectivity index (χ2v) is 5.94. The molecule has 3 aromatic rings. The van der Waals surface area contributed by atoms with Crippen molar-refractivity contribution in [2.24, 2.45) is 0 Å². The first-order valence-electron chi connectivity index (χ1n) is 7.44. The second-order valence-electron chi connectivity index (χ2n) is 4.99. The predicted molar refractivity (Wildman–Crippen MR) is 96.3 cm³/mol. The Bertz CT molecular complexity index is 920. The van der Waals surface area contributed by atoms with Gasteiger partial charge in [-0.25, -0.2) is 0 Å². The van der Waals surface area contributed by atoms with Gasteiger partial charge in [-0.05, 0) is 23.6 Å². The molecule has 2 heterocycles. The van der Waals surface area contributed by atoms with Gasteiger partial charge in [-0.3, -0.25) is 14.9 Å². The Balaban J connectivity index is 1.69. The third-order valence-electron chi connectivity index (χ3n) is 3.36. The molecular weight excluding hydrogens is 358 g/mol. The third kappa shape index (κ3) is 3.83. The first kappa shape index (κ1) is 17.5. The number of carbonyl (C=O) groups is 2. The van der Waals surface area contributed by atoms with E-state index in [1.165, 1.54) is 25.6 Å². The van der Waals surface area contributed by atoms with Crippen molar-refractivity contribution in [1.29, 1.82) is 0 Å². The third-order valence-corrected chi connectivity index (χ3v) is 4.23. The molecular formula is C17H15N3O5S. The van der Waals surface area contributed by atoms with E-state index in [4.69, 9.17) is 13.9 Å². The molecule has 1 aromatic carbocycles. The molecule has 8 nitrogen and oxygen atoms in total. The van der Waals surface area contributed by atoms with Gasteiger partial charge in [-0.1, -0.05) is 6.07 Å². The maximum Gasteiger partial charge on any atom is 0.302 e. The molecule has 0 spiro atoms. The summed E-state index contributed by atoms with van der Waals surface area (Å²) in [5.41, 5.74) is 0.467. The molecule has 0 radical (unpaired) electrons. The van der Waals surface area contributed by atoms with Crippen molar-refractivity contribution in [3.63, 3.8) is 0 Å². The van der Waals surface area contributed by atoms with Crippen LogP contribution in [0, 0.1) is 0 Å². The van der Waals surface area contributed by atoms with Gasteiger partial charge in [0, 0.05) is 6.07 Å². The SMILES string of the molecule is COc1ccc(NC(=O)c2coc(NC(=O)c3cccs3)n2)c(OC)c1. The molecule has 0 aliphatic heterocycles. The highest BCUT2D eigenvalue weighted by Gasteiger charge is 2.17. The maximum absolute atomic E-state index is 12.3. The molecule has 2 aromatic heterocycles. The van der Waals surface area contributed by atoms with Crippen LogP contribution in [-0.2, 0) is 0 Å². The van der Waals surface area contributed by atoms with Crippen molar-refractivity contribution in [2.45, 2.75) is 0 Å². The number of oxazole rings is 1. The first-order chi connectivity index (χ1) is 12.6. The molecule has 3 rings (SSSR count). The van der Waals surface area contributed by atoms with Gasteiger partial charge in [-0.2, -0.15) is 4.98 Å². The zero-order chi connectivity index (χ0) is 18.5. The molecule has 0 fully saturated rings. The van der Waals surface area contributed by atoms with Gasteiger partial charge in [0.25, 0.3) is 11.8 Å². The Labute approximate surface area is 152 Å². The normalized spacial score (nSPS) is 10.2. The zero-order valence-electron chi connectivity index (χ0n) is 13.9.